The standard InChI is InChI=1S/C15H15BrFN/c1-10-3-2-4-12(7-10)15(18)8-11-5-6-13(16)9-14(11)17/h2-7,9,15H,8,18H2,1H3. The summed E-state index contributed by atoms with van der Waals surface area (Å²) < 4.78 is 14.5. The molecule has 0 radical (unpaired) electrons. The summed E-state index contributed by atoms with van der Waals surface area (Å²) in [6.07, 6.45) is 0.503. The van der Waals surface area contributed by atoms with Crippen LogP contribution in [0.15, 0.2) is 46.9 Å². The van der Waals surface area contributed by atoms with Crippen LogP contribution in [0.2, 0.25) is 0 Å². The van der Waals surface area contributed by atoms with Crippen LogP contribution in [0.25, 0.3) is 0 Å². The quantitative estimate of drug-likeness (QED) is 0.906. The SMILES string of the molecule is Cc1cccc(C(N)Cc2ccc(Br)cc2F)c1. The van der Waals surface area contributed by atoms with Gasteiger partial charge in [0.05, 0.1) is 0 Å². The van der Waals surface area contributed by atoms with Gasteiger partial charge in [-0.2, -0.15) is 0 Å². The lowest BCUT2D eigenvalue weighted by atomic mass is 9.98. The highest BCUT2D eigenvalue weighted by Crippen LogP contribution is 2.21. The first kappa shape index (κ1) is 13.2. The van der Waals surface area contributed by atoms with Gasteiger partial charge in [0, 0.05) is 10.5 Å². The van der Waals surface area contributed by atoms with Gasteiger partial charge in [-0.3, -0.25) is 0 Å². The normalized spacial score (nSPS) is 12.4. The van der Waals surface area contributed by atoms with E-state index in [1.54, 1.807) is 6.07 Å². The fourth-order valence-corrected chi connectivity index (χ4v) is 2.28. The Hall–Kier alpha value is -1.19. The molecular weight excluding hydrogens is 293 g/mol. The van der Waals surface area contributed by atoms with Gasteiger partial charge in [0.15, 0.2) is 0 Å². The van der Waals surface area contributed by atoms with Gasteiger partial charge in [-0.1, -0.05) is 51.8 Å². The zero-order valence-electron chi connectivity index (χ0n) is 10.2. The number of hydrogen-bond acceptors (Lipinski definition) is 1. The Balaban J connectivity index is 2.18. The van der Waals surface area contributed by atoms with E-state index in [9.17, 15) is 4.39 Å². The van der Waals surface area contributed by atoms with Crippen molar-refractivity contribution in [1.29, 1.82) is 0 Å². The molecule has 0 aliphatic rings. The lowest BCUT2D eigenvalue weighted by Crippen LogP contribution is -2.14. The molecular formula is C15H15BrFN. The van der Waals surface area contributed by atoms with E-state index in [-0.39, 0.29) is 11.9 Å². The van der Waals surface area contributed by atoms with Crippen LogP contribution in [-0.2, 0) is 6.42 Å². The summed E-state index contributed by atoms with van der Waals surface area (Å²) in [4.78, 5) is 0. The van der Waals surface area contributed by atoms with Gasteiger partial charge in [0.1, 0.15) is 5.82 Å². The van der Waals surface area contributed by atoms with Crippen LogP contribution < -0.4 is 5.73 Å². The summed E-state index contributed by atoms with van der Waals surface area (Å²) in [6.45, 7) is 2.02. The second-order valence-corrected chi connectivity index (χ2v) is 5.38. The highest BCUT2D eigenvalue weighted by molar-refractivity contribution is 9.10. The van der Waals surface area contributed by atoms with Gasteiger partial charge in [-0.15, -0.1) is 0 Å². The van der Waals surface area contributed by atoms with Crippen molar-refractivity contribution in [3.63, 3.8) is 0 Å². The van der Waals surface area contributed by atoms with Gasteiger partial charge >= 0.3 is 0 Å². The summed E-state index contributed by atoms with van der Waals surface area (Å²) in [7, 11) is 0. The summed E-state index contributed by atoms with van der Waals surface area (Å²) in [5, 5.41) is 0. The van der Waals surface area contributed by atoms with Gasteiger partial charge in [0.25, 0.3) is 0 Å². The van der Waals surface area contributed by atoms with E-state index in [1.807, 2.05) is 37.3 Å². The lowest BCUT2D eigenvalue weighted by Gasteiger charge is -2.13. The molecule has 2 aromatic rings. The van der Waals surface area contributed by atoms with Crippen LogP contribution in [-0.4, -0.2) is 0 Å². The van der Waals surface area contributed by atoms with Crippen molar-refractivity contribution in [3.05, 3.63) is 69.4 Å². The molecule has 0 aliphatic carbocycles. The molecule has 2 N–H and O–H groups in total. The van der Waals surface area contributed by atoms with E-state index in [4.69, 9.17) is 5.73 Å². The molecule has 0 aliphatic heterocycles. The molecule has 0 saturated carbocycles. The molecule has 0 amide bonds. The molecule has 94 valence electrons. The van der Waals surface area contributed by atoms with E-state index < -0.39 is 0 Å². The third-order valence-corrected chi connectivity index (χ3v) is 3.42. The average molecular weight is 308 g/mol. The van der Waals surface area contributed by atoms with E-state index in [0.29, 0.717) is 12.0 Å². The van der Waals surface area contributed by atoms with Crippen LogP contribution >= 0.6 is 15.9 Å². The average Bonchev–Trinajstić information content (AvgIpc) is 2.32. The molecule has 18 heavy (non-hydrogen) atoms. The minimum absolute atomic E-state index is 0.180. The van der Waals surface area contributed by atoms with Crippen LogP contribution in [0.1, 0.15) is 22.7 Å². The third kappa shape index (κ3) is 3.18. The first-order valence-electron chi connectivity index (χ1n) is 5.82. The van der Waals surface area contributed by atoms with Crippen molar-refractivity contribution in [1.82, 2.24) is 0 Å². The highest BCUT2D eigenvalue weighted by atomic mass is 79.9. The van der Waals surface area contributed by atoms with Crippen molar-refractivity contribution in [3.8, 4) is 0 Å². The number of rotatable bonds is 3. The zero-order valence-corrected chi connectivity index (χ0v) is 11.7. The molecule has 2 rings (SSSR count). The zero-order chi connectivity index (χ0) is 13.1. The predicted molar refractivity (Wildman–Crippen MR) is 75.9 cm³/mol. The number of nitrogens with two attached hydrogens (primary N) is 1. The monoisotopic (exact) mass is 307 g/mol. The maximum absolute atomic E-state index is 13.7. The van der Waals surface area contributed by atoms with Crippen molar-refractivity contribution < 1.29 is 4.39 Å². The van der Waals surface area contributed by atoms with Crippen LogP contribution in [0.3, 0.4) is 0 Å². The van der Waals surface area contributed by atoms with Crippen molar-refractivity contribution in [2.75, 3.05) is 0 Å². The fourth-order valence-electron chi connectivity index (χ4n) is 1.94. The molecule has 3 heteroatoms. The second kappa shape index (κ2) is 5.63. The van der Waals surface area contributed by atoms with E-state index >= 15 is 0 Å². The van der Waals surface area contributed by atoms with Crippen LogP contribution in [0, 0.1) is 12.7 Å². The molecule has 0 aromatic heterocycles. The smallest absolute Gasteiger partial charge is 0.127 e. The van der Waals surface area contributed by atoms with Crippen molar-refractivity contribution in [2.45, 2.75) is 19.4 Å². The predicted octanol–water partition coefficient (Wildman–Crippen LogP) is 4.14. The summed E-state index contributed by atoms with van der Waals surface area (Å²) in [5.74, 6) is -0.215. The number of hydrogen-bond donors (Lipinski definition) is 1. The van der Waals surface area contributed by atoms with Gasteiger partial charge in [-0.25, -0.2) is 4.39 Å². The number of aryl methyl sites for hydroxylation is 1. The summed E-state index contributed by atoms with van der Waals surface area (Å²) >= 11 is 3.25. The Morgan fingerprint density at radius 2 is 2.00 bits per heavy atom. The van der Waals surface area contributed by atoms with Crippen LogP contribution in [0.4, 0.5) is 4.39 Å². The molecule has 0 heterocycles. The van der Waals surface area contributed by atoms with E-state index in [0.717, 1.165) is 10.0 Å². The highest BCUT2D eigenvalue weighted by Gasteiger charge is 2.10. The molecule has 0 spiro atoms. The third-order valence-electron chi connectivity index (χ3n) is 2.93. The molecule has 1 unspecified atom stereocenters. The number of benzene rings is 2. The van der Waals surface area contributed by atoms with Crippen molar-refractivity contribution >= 4 is 15.9 Å². The maximum Gasteiger partial charge on any atom is 0.127 e. The molecule has 0 fully saturated rings. The van der Waals surface area contributed by atoms with Gasteiger partial charge < -0.3 is 5.73 Å². The topological polar surface area (TPSA) is 26.0 Å². The summed E-state index contributed by atoms with van der Waals surface area (Å²) in [5.41, 5.74) is 8.98. The van der Waals surface area contributed by atoms with E-state index in [2.05, 4.69) is 15.9 Å². The molecule has 1 nitrogen and oxygen atoms in total. The Morgan fingerprint density at radius 1 is 1.22 bits per heavy atom. The second-order valence-electron chi connectivity index (χ2n) is 4.46. The first-order valence-corrected chi connectivity index (χ1v) is 6.61. The Morgan fingerprint density at radius 3 is 2.67 bits per heavy atom. The largest absolute Gasteiger partial charge is 0.324 e. The Kier molecular flexibility index (Phi) is 4.15. The van der Waals surface area contributed by atoms with Crippen LogP contribution in [0.5, 0.6) is 0 Å². The van der Waals surface area contributed by atoms with E-state index in [1.165, 1.54) is 11.6 Å². The fraction of sp³-hybridized carbons (Fsp3) is 0.200. The first-order chi connectivity index (χ1) is 8.56. The van der Waals surface area contributed by atoms with Gasteiger partial charge in [-0.05, 0) is 36.6 Å². The minimum atomic E-state index is -0.215. The molecule has 2 aromatic carbocycles. The van der Waals surface area contributed by atoms with Gasteiger partial charge in [0.2, 0.25) is 0 Å². The Bertz CT molecular complexity index is 554. The molecule has 0 saturated heterocycles. The van der Waals surface area contributed by atoms with Crippen molar-refractivity contribution in [2.24, 2.45) is 5.73 Å². The number of halogens is 2. The Labute approximate surface area is 115 Å². The summed E-state index contributed by atoms with van der Waals surface area (Å²) in [6, 6.07) is 12.9. The minimum Gasteiger partial charge on any atom is -0.324 e. The lowest BCUT2D eigenvalue weighted by molar-refractivity contribution is 0.592. The molecule has 0 bridgehead atoms. The maximum atomic E-state index is 13.7. The molecule has 1 atom stereocenters.